The Morgan fingerprint density at radius 1 is 1.28 bits per heavy atom. The Morgan fingerprint density at radius 2 is 1.92 bits per heavy atom. The molecule has 1 aliphatic rings. The summed E-state index contributed by atoms with van der Waals surface area (Å²) in [4.78, 5) is 24.0. The second kappa shape index (κ2) is 7.82. The van der Waals surface area contributed by atoms with Crippen molar-refractivity contribution < 1.29 is 23.5 Å². The van der Waals surface area contributed by atoms with E-state index >= 15 is 0 Å². The summed E-state index contributed by atoms with van der Waals surface area (Å²) >= 11 is 0. The average molecular weight is 352 g/mol. The number of methoxy groups -OCH3 is 1. The van der Waals surface area contributed by atoms with E-state index in [1.165, 1.54) is 7.11 Å². The van der Waals surface area contributed by atoms with Crippen LogP contribution in [0.25, 0.3) is 0 Å². The molecule has 138 valence electrons. The minimum absolute atomic E-state index is 0.215. The summed E-state index contributed by atoms with van der Waals surface area (Å²) in [5, 5.41) is 6.11. The van der Waals surface area contributed by atoms with Gasteiger partial charge in [0.15, 0.2) is 0 Å². The number of hydrogen-bond donors (Lipinski definition) is 2. The highest BCUT2D eigenvalue weighted by molar-refractivity contribution is 5.90. The molecule has 0 aromatic heterocycles. The van der Waals surface area contributed by atoms with E-state index in [1.54, 1.807) is 45.0 Å². The van der Waals surface area contributed by atoms with Gasteiger partial charge in [0, 0.05) is 18.3 Å². The van der Waals surface area contributed by atoms with Crippen molar-refractivity contribution in [2.24, 2.45) is 0 Å². The molecule has 1 fully saturated rings. The number of benzene rings is 1. The van der Waals surface area contributed by atoms with Gasteiger partial charge in [-0.25, -0.2) is 14.0 Å². The molecule has 2 rings (SSSR count). The summed E-state index contributed by atoms with van der Waals surface area (Å²) < 4.78 is 23.7. The first-order valence-electron chi connectivity index (χ1n) is 8.25. The quantitative estimate of drug-likeness (QED) is 0.792. The van der Waals surface area contributed by atoms with Crippen molar-refractivity contribution in [3.05, 3.63) is 29.8 Å². The minimum atomic E-state index is -0.988. The fourth-order valence-corrected chi connectivity index (χ4v) is 2.66. The Hall–Kier alpha value is -2.15. The highest BCUT2D eigenvalue weighted by Crippen LogP contribution is 2.21. The van der Waals surface area contributed by atoms with Gasteiger partial charge in [-0.3, -0.25) is 0 Å². The predicted molar refractivity (Wildman–Crippen MR) is 92.3 cm³/mol. The maximum atomic E-state index is 13.6. The number of anilines is 1. The number of rotatable bonds is 5. The van der Waals surface area contributed by atoms with Gasteiger partial charge in [-0.05, 0) is 51.5 Å². The molecule has 3 atom stereocenters. The zero-order chi connectivity index (χ0) is 18.6. The van der Waals surface area contributed by atoms with Gasteiger partial charge in [-0.1, -0.05) is 0 Å². The van der Waals surface area contributed by atoms with E-state index in [0.29, 0.717) is 11.3 Å². The van der Waals surface area contributed by atoms with Crippen LogP contribution in [0.15, 0.2) is 24.3 Å². The second-order valence-corrected chi connectivity index (χ2v) is 7.07. The van der Waals surface area contributed by atoms with Crippen LogP contribution in [-0.2, 0) is 14.3 Å². The van der Waals surface area contributed by atoms with E-state index < -0.39 is 29.8 Å². The third-order valence-corrected chi connectivity index (χ3v) is 3.80. The van der Waals surface area contributed by atoms with Crippen LogP contribution in [0.3, 0.4) is 0 Å². The van der Waals surface area contributed by atoms with Crippen molar-refractivity contribution in [1.82, 2.24) is 5.32 Å². The SMILES string of the molecule is COC(=O)c1ccc(NC(C(=O)OC(C)(C)C)C2CC(F)CN2)cc1. The molecule has 6 nitrogen and oxygen atoms in total. The Labute approximate surface area is 147 Å². The first-order valence-corrected chi connectivity index (χ1v) is 8.25. The molecule has 0 spiro atoms. The summed E-state index contributed by atoms with van der Waals surface area (Å²) in [6.45, 7) is 5.57. The number of alkyl halides is 1. The molecular formula is C18H25FN2O4. The number of ether oxygens (including phenoxy) is 2. The zero-order valence-electron chi connectivity index (χ0n) is 15.0. The Balaban J connectivity index is 2.15. The van der Waals surface area contributed by atoms with E-state index in [0.717, 1.165) is 0 Å². The molecule has 0 aliphatic carbocycles. The number of nitrogens with one attached hydrogen (secondary N) is 2. The normalized spacial score (nSPS) is 21.5. The molecule has 7 heteroatoms. The van der Waals surface area contributed by atoms with Gasteiger partial charge < -0.3 is 20.1 Å². The van der Waals surface area contributed by atoms with Gasteiger partial charge in [0.05, 0.1) is 12.7 Å². The van der Waals surface area contributed by atoms with Crippen molar-refractivity contribution in [3.8, 4) is 0 Å². The highest BCUT2D eigenvalue weighted by atomic mass is 19.1. The number of hydrogen-bond acceptors (Lipinski definition) is 6. The standard InChI is InChI=1S/C18H25FN2O4/c1-18(2,3)25-17(23)15(14-9-12(19)10-20-14)21-13-7-5-11(6-8-13)16(22)24-4/h5-8,12,14-15,20-21H,9-10H2,1-4H3. The minimum Gasteiger partial charge on any atom is -0.465 e. The Kier molecular flexibility index (Phi) is 6.00. The van der Waals surface area contributed by atoms with E-state index in [4.69, 9.17) is 4.74 Å². The average Bonchev–Trinajstić information content (AvgIpc) is 2.96. The van der Waals surface area contributed by atoms with Gasteiger partial charge in [-0.2, -0.15) is 0 Å². The predicted octanol–water partition coefficient (Wildman–Crippen LogP) is 2.30. The van der Waals surface area contributed by atoms with Crippen molar-refractivity contribution in [1.29, 1.82) is 0 Å². The Morgan fingerprint density at radius 3 is 2.40 bits per heavy atom. The summed E-state index contributed by atoms with van der Waals surface area (Å²) in [6, 6.07) is 5.44. The smallest absolute Gasteiger partial charge is 0.337 e. The first kappa shape index (κ1) is 19.2. The monoisotopic (exact) mass is 352 g/mol. The molecule has 1 aromatic carbocycles. The number of carbonyl (C=O) groups is 2. The molecular weight excluding hydrogens is 327 g/mol. The third kappa shape index (κ3) is 5.42. The van der Waals surface area contributed by atoms with Gasteiger partial charge in [0.25, 0.3) is 0 Å². The van der Waals surface area contributed by atoms with Gasteiger partial charge in [0.2, 0.25) is 0 Å². The lowest BCUT2D eigenvalue weighted by molar-refractivity contribution is -0.156. The Bertz CT molecular complexity index is 612. The van der Waals surface area contributed by atoms with Crippen LogP contribution in [0.5, 0.6) is 0 Å². The van der Waals surface area contributed by atoms with Crippen LogP contribution >= 0.6 is 0 Å². The molecule has 3 unspecified atom stereocenters. The topological polar surface area (TPSA) is 76.7 Å². The van der Waals surface area contributed by atoms with Gasteiger partial charge in [-0.15, -0.1) is 0 Å². The lowest BCUT2D eigenvalue weighted by atomic mass is 10.0. The first-order chi connectivity index (χ1) is 11.7. The molecule has 0 radical (unpaired) electrons. The summed E-state index contributed by atoms with van der Waals surface area (Å²) in [5.74, 6) is -0.885. The molecule has 1 aromatic rings. The molecule has 0 saturated carbocycles. The van der Waals surface area contributed by atoms with E-state index in [1.807, 2.05) is 0 Å². The maximum absolute atomic E-state index is 13.6. The van der Waals surface area contributed by atoms with Crippen molar-refractivity contribution in [2.45, 2.75) is 51.0 Å². The number of halogens is 1. The molecule has 0 amide bonds. The van der Waals surface area contributed by atoms with Gasteiger partial charge in [0.1, 0.15) is 17.8 Å². The maximum Gasteiger partial charge on any atom is 0.337 e. The third-order valence-electron chi connectivity index (χ3n) is 3.80. The second-order valence-electron chi connectivity index (χ2n) is 7.07. The number of carbonyl (C=O) groups excluding carboxylic acids is 2. The van der Waals surface area contributed by atoms with Crippen LogP contribution in [0.4, 0.5) is 10.1 Å². The summed E-state index contributed by atoms with van der Waals surface area (Å²) in [7, 11) is 1.31. The molecule has 25 heavy (non-hydrogen) atoms. The van der Waals surface area contributed by atoms with Crippen LogP contribution in [0, 0.1) is 0 Å². The summed E-state index contributed by atoms with van der Waals surface area (Å²) in [6.07, 6.45) is -0.754. The fraction of sp³-hybridized carbons (Fsp3) is 0.556. The lowest BCUT2D eigenvalue weighted by Gasteiger charge is -2.28. The fourth-order valence-electron chi connectivity index (χ4n) is 2.66. The zero-order valence-corrected chi connectivity index (χ0v) is 15.0. The summed E-state index contributed by atoms with van der Waals surface area (Å²) in [5.41, 5.74) is 0.400. The largest absolute Gasteiger partial charge is 0.465 e. The molecule has 1 saturated heterocycles. The lowest BCUT2D eigenvalue weighted by Crippen LogP contribution is -2.48. The van der Waals surface area contributed by atoms with Gasteiger partial charge >= 0.3 is 11.9 Å². The molecule has 1 heterocycles. The van der Waals surface area contributed by atoms with E-state index in [2.05, 4.69) is 15.4 Å². The van der Waals surface area contributed by atoms with Crippen LogP contribution in [0.1, 0.15) is 37.6 Å². The highest BCUT2D eigenvalue weighted by Gasteiger charge is 2.37. The van der Waals surface area contributed by atoms with E-state index in [9.17, 15) is 14.0 Å². The number of esters is 2. The van der Waals surface area contributed by atoms with Crippen molar-refractivity contribution in [3.63, 3.8) is 0 Å². The molecule has 0 bridgehead atoms. The van der Waals surface area contributed by atoms with E-state index in [-0.39, 0.29) is 19.0 Å². The van der Waals surface area contributed by atoms with Crippen molar-refractivity contribution in [2.75, 3.05) is 19.0 Å². The van der Waals surface area contributed by atoms with Crippen LogP contribution in [0.2, 0.25) is 0 Å². The molecule has 1 aliphatic heterocycles. The molecule has 2 N–H and O–H groups in total. The van der Waals surface area contributed by atoms with Crippen LogP contribution in [-0.4, -0.2) is 49.4 Å². The van der Waals surface area contributed by atoms with Crippen LogP contribution < -0.4 is 10.6 Å². The van der Waals surface area contributed by atoms with Crippen molar-refractivity contribution >= 4 is 17.6 Å².